The van der Waals surface area contributed by atoms with Crippen molar-refractivity contribution >= 4 is 23.4 Å². The number of methoxy groups -OCH3 is 1. The van der Waals surface area contributed by atoms with E-state index in [0.29, 0.717) is 0 Å². The lowest BCUT2D eigenvalue weighted by molar-refractivity contribution is -0.151. The second kappa shape index (κ2) is 3.45. The number of hydrogen-bond donors (Lipinski definition) is 0. The van der Waals surface area contributed by atoms with E-state index in [4.69, 9.17) is 11.6 Å². The molecule has 3 nitrogen and oxygen atoms in total. The molecule has 1 atom stereocenters. The van der Waals surface area contributed by atoms with Gasteiger partial charge < -0.3 is 4.74 Å². The summed E-state index contributed by atoms with van der Waals surface area (Å²) in [6.07, 6.45) is 0. The van der Waals surface area contributed by atoms with Crippen molar-refractivity contribution in [1.82, 2.24) is 0 Å². The van der Waals surface area contributed by atoms with Crippen LogP contribution in [0.5, 0.6) is 0 Å². The van der Waals surface area contributed by atoms with E-state index in [9.17, 15) is 9.59 Å². The molecule has 0 radical (unpaired) electrons. The summed E-state index contributed by atoms with van der Waals surface area (Å²) < 4.78 is 4.10. The summed E-state index contributed by atoms with van der Waals surface area (Å²) >= 11 is 5.25. The first-order valence-corrected chi connectivity index (χ1v) is 2.79. The van der Waals surface area contributed by atoms with Crippen LogP contribution >= 0.6 is 11.6 Å². The van der Waals surface area contributed by atoms with Crippen LogP contribution in [0.3, 0.4) is 0 Å². The van der Waals surface area contributed by atoms with Gasteiger partial charge in [0.05, 0.1) is 7.11 Å². The first-order chi connectivity index (χ1) is 4.09. The van der Waals surface area contributed by atoms with Crippen molar-refractivity contribution in [2.45, 2.75) is 12.3 Å². The third kappa shape index (κ3) is 2.46. The molecule has 0 aromatic rings. The van der Waals surface area contributed by atoms with Gasteiger partial charge in [0.15, 0.2) is 0 Å². The fraction of sp³-hybridized carbons (Fsp3) is 0.600. The fourth-order valence-electron chi connectivity index (χ4n) is 0.263. The topological polar surface area (TPSA) is 43.4 Å². The van der Waals surface area contributed by atoms with Crippen molar-refractivity contribution in [2.24, 2.45) is 0 Å². The van der Waals surface area contributed by atoms with Gasteiger partial charge in [-0.3, -0.25) is 4.79 Å². The Balaban J connectivity index is 3.89. The molecule has 1 unspecified atom stereocenters. The van der Waals surface area contributed by atoms with Gasteiger partial charge in [0.2, 0.25) is 0 Å². The van der Waals surface area contributed by atoms with E-state index in [1.807, 2.05) is 0 Å². The van der Waals surface area contributed by atoms with Gasteiger partial charge >= 0.3 is 5.97 Å². The number of rotatable bonds is 2. The molecule has 0 fully saturated rings. The van der Waals surface area contributed by atoms with Gasteiger partial charge in [-0.15, -0.1) is 11.6 Å². The van der Waals surface area contributed by atoms with Crippen LogP contribution in [0.1, 0.15) is 6.92 Å². The molecule has 0 aliphatic rings. The van der Waals surface area contributed by atoms with Gasteiger partial charge in [0.1, 0.15) is 5.38 Å². The molecular weight excluding hydrogens is 144 g/mol. The molecule has 0 N–H and O–H groups in total. The first kappa shape index (κ1) is 8.43. The van der Waals surface area contributed by atoms with Crippen LogP contribution in [0.2, 0.25) is 0 Å². The zero-order valence-corrected chi connectivity index (χ0v) is 5.94. The molecule has 9 heavy (non-hydrogen) atoms. The zero-order valence-electron chi connectivity index (χ0n) is 5.18. The maximum absolute atomic E-state index is 10.5. The molecule has 0 rings (SSSR count). The highest BCUT2D eigenvalue weighted by Crippen LogP contribution is 1.95. The Bertz CT molecular complexity index is 130. The third-order valence-electron chi connectivity index (χ3n) is 0.748. The molecule has 0 aliphatic heterocycles. The van der Waals surface area contributed by atoms with Gasteiger partial charge in [-0.25, -0.2) is 4.79 Å². The summed E-state index contributed by atoms with van der Waals surface area (Å²) in [6.45, 7) is 1.42. The van der Waals surface area contributed by atoms with Crippen LogP contribution in [0, 0.1) is 0 Å². The number of esters is 1. The van der Waals surface area contributed by atoms with E-state index in [1.165, 1.54) is 6.92 Å². The van der Waals surface area contributed by atoms with Crippen LogP contribution in [-0.2, 0) is 14.3 Å². The van der Waals surface area contributed by atoms with Crippen LogP contribution < -0.4 is 0 Å². The Kier molecular flexibility index (Phi) is 3.24. The van der Waals surface area contributed by atoms with Crippen molar-refractivity contribution in [3.8, 4) is 0 Å². The van der Waals surface area contributed by atoms with E-state index in [1.54, 1.807) is 0 Å². The lowest BCUT2D eigenvalue weighted by Crippen LogP contribution is -2.22. The van der Waals surface area contributed by atoms with Crippen LogP contribution in [0.4, 0.5) is 0 Å². The SMILES string of the molecule is COC(=O)C(=O)C(C)Cl. The van der Waals surface area contributed by atoms with Crippen LogP contribution in [-0.4, -0.2) is 24.2 Å². The highest BCUT2D eigenvalue weighted by Gasteiger charge is 2.18. The molecule has 0 heterocycles. The molecule has 0 aliphatic carbocycles. The molecule has 0 aromatic carbocycles. The number of alkyl halides is 1. The van der Waals surface area contributed by atoms with E-state index >= 15 is 0 Å². The predicted molar refractivity (Wildman–Crippen MR) is 32.3 cm³/mol. The Labute approximate surface area is 57.9 Å². The van der Waals surface area contributed by atoms with E-state index < -0.39 is 17.1 Å². The average molecular weight is 151 g/mol. The van der Waals surface area contributed by atoms with Crippen molar-refractivity contribution in [3.63, 3.8) is 0 Å². The second-order valence-corrected chi connectivity index (χ2v) is 2.13. The second-order valence-electron chi connectivity index (χ2n) is 1.47. The molecule has 0 saturated heterocycles. The van der Waals surface area contributed by atoms with Gasteiger partial charge in [-0.2, -0.15) is 0 Å². The largest absolute Gasteiger partial charge is 0.463 e. The van der Waals surface area contributed by atoms with E-state index in [0.717, 1.165) is 7.11 Å². The maximum Gasteiger partial charge on any atom is 0.375 e. The number of ether oxygens (including phenoxy) is 1. The van der Waals surface area contributed by atoms with Crippen molar-refractivity contribution in [3.05, 3.63) is 0 Å². The molecule has 0 aromatic heterocycles. The van der Waals surface area contributed by atoms with Crippen molar-refractivity contribution in [1.29, 1.82) is 0 Å². The minimum absolute atomic E-state index is 0.709. The highest BCUT2D eigenvalue weighted by molar-refractivity contribution is 6.47. The zero-order chi connectivity index (χ0) is 7.44. The number of Topliss-reactive ketones (excluding diaryl/α,β-unsaturated/α-hetero) is 1. The standard InChI is InChI=1S/C5H7ClO3/c1-3(6)4(7)5(8)9-2/h3H,1-2H3. The molecule has 52 valence electrons. The molecular formula is C5H7ClO3. The number of carbonyl (C=O) groups is 2. The lowest BCUT2D eigenvalue weighted by Gasteiger charge is -1.97. The normalized spacial score (nSPS) is 12.3. The summed E-state index contributed by atoms with van der Waals surface area (Å²) in [5, 5.41) is -0.794. The van der Waals surface area contributed by atoms with Gasteiger partial charge in [0, 0.05) is 0 Å². The van der Waals surface area contributed by atoms with Crippen LogP contribution in [0.15, 0.2) is 0 Å². The molecule has 0 bridgehead atoms. The monoisotopic (exact) mass is 150 g/mol. The van der Waals surface area contributed by atoms with Gasteiger partial charge in [-0.1, -0.05) is 0 Å². The first-order valence-electron chi connectivity index (χ1n) is 2.35. The van der Waals surface area contributed by atoms with Gasteiger partial charge in [-0.05, 0) is 6.92 Å². The summed E-state index contributed by atoms with van der Waals surface area (Å²) in [7, 11) is 1.14. The molecule has 0 amide bonds. The Hall–Kier alpha value is -0.570. The Morgan fingerprint density at radius 3 is 2.11 bits per heavy atom. The summed E-state index contributed by atoms with van der Waals surface area (Å²) in [5.74, 6) is -1.60. The molecule has 0 spiro atoms. The summed E-state index contributed by atoms with van der Waals surface area (Å²) in [5.41, 5.74) is 0. The predicted octanol–water partition coefficient (Wildman–Crippen LogP) is 0.356. The highest BCUT2D eigenvalue weighted by atomic mass is 35.5. The summed E-state index contributed by atoms with van der Waals surface area (Å²) in [6, 6.07) is 0. The number of carbonyl (C=O) groups excluding carboxylic acids is 2. The number of hydrogen-bond acceptors (Lipinski definition) is 3. The minimum atomic E-state index is -0.891. The maximum atomic E-state index is 10.5. The van der Waals surface area contributed by atoms with E-state index in [-0.39, 0.29) is 0 Å². The Morgan fingerprint density at radius 2 is 2.00 bits per heavy atom. The van der Waals surface area contributed by atoms with E-state index in [2.05, 4.69) is 4.74 Å². The third-order valence-corrected chi connectivity index (χ3v) is 0.946. The van der Waals surface area contributed by atoms with Gasteiger partial charge in [0.25, 0.3) is 5.78 Å². The lowest BCUT2D eigenvalue weighted by atomic mass is 10.3. The smallest absolute Gasteiger partial charge is 0.375 e. The number of ketones is 1. The fourth-order valence-corrected chi connectivity index (χ4v) is 0.352. The molecule has 4 heteroatoms. The average Bonchev–Trinajstić information content (AvgIpc) is 1.84. The minimum Gasteiger partial charge on any atom is -0.463 e. The van der Waals surface area contributed by atoms with Crippen LogP contribution in [0.25, 0.3) is 0 Å². The van der Waals surface area contributed by atoms with Crippen molar-refractivity contribution < 1.29 is 14.3 Å². The quantitative estimate of drug-likeness (QED) is 0.324. The number of halogens is 1. The van der Waals surface area contributed by atoms with Crippen molar-refractivity contribution in [2.75, 3.05) is 7.11 Å². The Morgan fingerprint density at radius 1 is 1.56 bits per heavy atom. The summed E-state index contributed by atoms with van der Waals surface area (Å²) in [4.78, 5) is 20.8. The molecule has 0 saturated carbocycles.